The predicted molar refractivity (Wildman–Crippen MR) is 84.8 cm³/mol. The molecule has 1 saturated carbocycles. The second kappa shape index (κ2) is 6.28. The van der Waals surface area contributed by atoms with Crippen molar-refractivity contribution in [3.63, 3.8) is 0 Å². The maximum Gasteiger partial charge on any atom is 0.0450 e. The van der Waals surface area contributed by atoms with Gasteiger partial charge in [0.25, 0.3) is 0 Å². The Labute approximate surface area is 123 Å². The van der Waals surface area contributed by atoms with E-state index >= 15 is 0 Å². The first-order valence-corrected chi connectivity index (χ1v) is 8.37. The van der Waals surface area contributed by atoms with Gasteiger partial charge in [0, 0.05) is 31.2 Å². The minimum Gasteiger partial charge on any atom is -0.307 e. The molecule has 0 spiro atoms. The van der Waals surface area contributed by atoms with Crippen LogP contribution in [0.3, 0.4) is 0 Å². The van der Waals surface area contributed by atoms with Crippen LogP contribution in [-0.4, -0.2) is 30.1 Å². The Balaban J connectivity index is 1.75. The van der Waals surface area contributed by atoms with E-state index in [-0.39, 0.29) is 0 Å². The van der Waals surface area contributed by atoms with Gasteiger partial charge >= 0.3 is 0 Å². The molecule has 3 rings (SSSR count). The third kappa shape index (κ3) is 2.91. The van der Waals surface area contributed by atoms with Crippen LogP contribution in [0, 0.1) is 5.92 Å². The molecule has 1 aromatic carbocycles. The summed E-state index contributed by atoms with van der Waals surface area (Å²) in [5, 5.41) is 3.80. The second-order valence-electron chi connectivity index (χ2n) is 6.44. The van der Waals surface area contributed by atoms with Crippen LogP contribution >= 0.6 is 0 Å². The molecule has 0 bridgehead atoms. The fourth-order valence-electron chi connectivity index (χ4n) is 3.80. The van der Waals surface area contributed by atoms with E-state index in [4.69, 9.17) is 0 Å². The first kappa shape index (κ1) is 14.1. The highest BCUT2D eigenvalue weighted by atomic mass is 15.3. The van der Waals surface area contributed by atoms with Gasteiger partial charge in [-0.05, 0) is 37.2 Å². The van der Waals surface area contributed by atoms with Gasteiger partial charge in [0.15, 0.2) is 0 Å². The molecule has 1 aromatic rings. The second-order valence-corrected chi connectivity index (χ2v) is 6.44. The van der Waals surface area contributed by atoms with Crippen molar-refractivity contribution in [2.24, 2.45) is 5.92 Å². The van der Waals surface area contributed by atoms with Gasteiger partial charge in [0.1, 0.15) is 0 Å². The Morgan fingerprint density at radius 3 is 2.45 bits per heavy atom. The van der Waals surface area contributed by atoms with Crippen molar-refractivity contribution in [2.75, 3.05) is 13.1 Å². The Kier molecular flexibility index (Phi) is 4.42. The van der Waals surface area contributed by atoms with Crippen LogP contribution < -0.4 is 5.32 Å². The number of benzene rings is 1. The van der Waals surface area contributed by atoms with E-state index in [9.17, 15) is 0 Å². The van der Waals surface area contributed by atoms with E-state index in [0.717, 1.165) is 18.0 Å². The largest absolute Gasteiger partial charge is 0.307 e. The summed E-state index contributed by atoms with van der Waals surface area (Å²) in [4.78, 5) is 2.83. The van der Waals surface area contributed by atoms with E-state index in [2.05, 4.69) is 54.4 Å². The molecule has 2 nitrogen and oxygen atoms in total. The summed E-state index contributed by atoms with van der Waals surface area (Å²) in [6.45, 7) is 7.04. The van der Waals surface area contributed by atoms with Crippen LogP contribution in [0.25, 0.3) is 0 Å². The molecule has 2 atom stereocenters. The molecule has 2 unspecified atom stereocenters. The first-order valence-electron chi connectivity index (χ1n) is 8.37. The molecule has 110 valence electrons. The summed E-state index contributed by atoms with van der Waals surface area (Å²) < 4.78 is 0. The maximum absolute atomic E-state index is 3.80. The monoisotopic (exact) mass is 272 g/mol. The molecule has 1 aliphatic carbocycles. The fraction of sp³-hybridized carbons (Fsp3) is 0.667. The third-order valence-corrected chi connectivity index (χ3v) is 5.17. The fourth-order valence-corrected chi connectivity index (χ4v) is 3.80. The molecule has 0 radical (unpaired) electrons. The van der Waals surface area contributed by atoms with E-state index in [1.165, 1.54) is 44.3 Å². The lowest BCUT2D eigenvalue weighted by Crippen LogP contribution is -2.57. The summed E-state index contributed by atoms with van der Waals surface area (Å²) >= 11 is 0. The summed E-state index contributed by atoms with van der Waals surface area (Å²) in [6.07, 6.45) is 5.44. The SMILES string of the molecule is CCC(CC)N1CC(c2ccccc2)NCC1C1CC1. The van der Waals surface area contributed by atoms with Crippen molar-refractivity contribution < 1.29 is 0 Å². The lowest BCUT2D eigenvalue weighted by molar-refractivity contribution is 0.0643. The van der Waals surface area contributed by atoms with Crippen LogP contribution in [-0.2, 0) is 0 Å². The van der Waals surface area contributed by atoms with Crippen molar-refractivity contribution in [2.45, 2.75) is 57.7 Å². The molecular weight excluding hydrogens is 244 g/mol. The zero-order chi connectivity index (χ0) is 13.9. The van der Waals surface area contributed by atoms with E-state index in [1.807, 2.05) is 0 Å². The number of hydrogen-bond donors (Lipinski definition) is 1. The zero-order valence-corrected chi connectivity index (χ0v) is 12.9. The lowest BCUT2D eigenvalue weighted by atomic mass is 9.96. The van der Waals surface area contributed by atoms with Crippen molar-refractivity contribution in [3.05, 3.63) is 35.9 Å². The third-order valence-electron chi connectivity index (χ3n) is 5.17. The Morgan fingerprint density at radius 2 is 1.85 bits per heavy atom. The molecule has 0 aromatic heterocycles. The van der Waals surface area contributed by atoms with Crippen LogP contribution in [0.1, 0.15) is 51.1 Å². The van der Waals surface area contributed by atoms with Gasteiger partial charge in [-0.1, -0.05) is 44.2 Å². The molecule has 1 aliphatic heterocycles. The van der Waals surface area contributed by atoms with Crippen molar-refractivity contribution in [1.29, 1.82) is 0 Å². The average molecular weight is 272 g/mol. The highest BCUT2D eigenvalue weighted by Crippen LogP contribution is 2.39. The Morgan fingerprint density at radius 1 is 1.15 bits per heavy atom. The quantitative estimate of drug-likeness (QED) is 0.881. The first-order chi connectivity index (χ1) is 9.83. The van der Waals surface area contributed by atoms with Crippen molar-refractivity contribution in [3.8, 4) is 0 Å². The topological polar surface area (TPSA) is 15.3 Å². The smallest absolute Gasteiger partial charge is 0.0450 e. The Hall–Kier alpha value is -0.860. The highest BCUT2D eigenvalue weighted by Gasteiger charge is 2.40. The van der Waals surface area contributed by atoms with E-state index < -0.39 is 0 Å². The highest BCUT2D eigenvalue weighted by molar-refractivity contribution is 5.20. The lowest BCUT2D eigenvalue weighted by Gasteiger charge is -2.45. The van der Waals surface area contributed by atoms with Gasteiger partial charge < -0.3 is 5.32 Å². The summed E-state index contributed by atoms with van der Waals surface area (Å²) in [5.74, 6) is 0.958. The van der Waals surface area contributed by atoms with Crippen LogP contribution in [0.5, 0.6) is 0 Å². The Bertz CT molecular complexity index is 409. The molecule has 1 heterocycles. The van der Waals surface area contributed by atoms with Gasteiger partial charge in [-0.2, -0.15) is 0 Å². The van der Waals surface area contributed by atoms with Crippen LogP contribution in [0.15, 0.2) is 30.3 Å². The van der Waals surface area contributed by atoms with Crippen molar-refractivity contribution >= 4 is 0 Å². The number of hydrogen-bond acceptors (Lipinski definition) is 2. The van der Waals surface area contributed by atoms with Gasteiger partial charge in [0.05, 0.1) is 0 Å². The van der Waals surface area contributed by atoms with Crippen molar-refractivity contribution in [1.82, 2.24) is 10.2 Å². The zero-order valence-electron chi connectivity index (χ0n) is 12.9. The van der Waals surface area contributed by atoms with Gasteiger partial charge in [-0.25, -0.2) is 0 Å². The minimum absolute atomic E-state index is 0.506. The predicted octanol–water partition coefficient (Wildman–Crippen LogP) is 3.60. The minimum atomic E-state index is 0.506. The molecular formula is C18H28N2. The van der Waals surface area contributed by atoms with Crippen LogP contribution in [0.2, 0.25) is 0 Å². The maximum atomic E-state index is 3.80. The summed E-state index contributed by atoms with van der Waals surface area (Å²) in [6, 6.07) is 13.0. The number of nitrogens with one attached hydrogen (secondary N) is 1. The van der Waals surface area contributed by atoms with E-state index in [1.54, 1.807) is 0 Å². The summed E-state index contributed by atoms with van der Waals surface area (Å²) in [5.41, 5.74) is 1.44. The molecule has 1 saturated heterocycles. The number of rotatable bonds is 5. The van der Waals surface area contributed by atoms with Gasteiger partial charge in [0.2, 0.25) is 0 Å². The average Bonchev–Trinajstić information content (AvgIpc) is 3.34. The summed E-state index contributed by atoms with van der Waals surface area (Å²) in [7, 11) is 0. The standard InChI is InChI=1S/C18H28N2/c1-3-16(4-2)20-13-17(14-8-6-5-7-9-14)19-12-18(20)15-10-11-15/h5-9,15-19H,3-4,10-13H2,1-2H3. The molecule has 20 heavy (non-hydrogen) atoms. The molecule has 2 aliphatic rings. The molecule has 2 fully saturated rings. The van der Waals surface area contributed by atoms with Gasteiger partial charge in [-0.3, -0.25) is 4.90 Å². The number of nitrogens with zero attached hydrogens (tertiary/aromatic N) is 1. The van der Waals surface area contributed by atoms with E-state index in [0.29, 0.717) is 6.04 Å². The molecule has 2 heteroatoms. The van der Waals surface area contributed by atoms with Crippen LogP contribution in [0.4, 0.5) is 0 Å². The van der Waals surface area contributed by atoms with Gasteiger partial charge in [-0.15, -0.1) is 0 Å². The normalized spacial score (nSPS) is 27.9. The molecule has 0 amide bonds. The molecule has 1 N–H and O–H groups in total. The number of piperazine rings is 1.